The summed E-state index contributed by atoms with van der Waals surface area (Å²) in [5.74, 6) is -0.823. The molecule has 1 saturated heterocycles. The van der Waals surface area contributed by atoms with Crippen molar-refractivity contribution in [1.29, 1.82) is 0 Å². The van der Waals surface area contributed by atoms with Crippen molar-refractivity contribution in [3.63, 3.8) is 0 Å². The Kier molecular flexibility index (Phi) is 3.70. The van der Waals surface area contributed by atoms with Gasteiger partial charge in [-0.2, -0.15) is 0 Å². The number of carbonyl (C=O) groups is 2. The molecule has 21 heavy (non-hydrogen) atoms. The molecule has 0 aliphatic carbocycles. The fraction of sp³-hybridized carbons (Fsp3) is 0.267. The highest BCUT2D eigenvalue weighted by molar-refractivity contribution is 7.14. The zero-order valence-corrected chi connectivity index (χ0v) is 12.3. The SMILES string of the molecule is COC(=O)C1CC(=O)N(c2nc(-c3ccccc3)cs2)C1. The third-order valence-electron chi connectivity index (χ3n) is 3.45. The van der Waals surface area contributed by atoms with Crippen molar-refractivity contribution in [2.75, 3.05) is 18.6 Å². The van der Waals surface area contributed by atoms with E-state index in [0.29, 0.717) is 11.7 Å². The molecular formula is C15H14N2O3S. The number of aromatic nitrogens is 1. The van der Waals surface area contributed by atoms with Gasteiger partial charge in [0.2, 0.25) is 5.91 Å². The number of benzene rings is 1. The summed E-state index contributed by atoms with van der Waals surface area (Å²) in [5, 5.41) is 2.55. The molecule has 2 aromatic rings. The molecule has 1 aromatic heterocycles. The van der Waals surface area contributed by atoms with Crippen LogP contribution in [0.4, 0.5) is 5.13 Å². The third-order valence-corrected chi connectivity index (χ3v) is 4.32. The van der Waals surface area contributed by atoms with Crippen LogP contribution < -0.4 is 4.90 Å². The molecule has 1 aliphatic heterocycles. The number of thiazole rings is 1. The van der Waals surface area contributed by atoms with Gasteiger partial charge in [-0.3, -0.25) is 14.5 Å². The lowest BCUT2D eigenvalue weighted by molar-refractivity contribution is -0.145. The van der Waals surface area contributed by atoms with Gasteiger partial charge in [-0.05, 0) is 0 Å². The minimum Gasteiger partial charge on any atom is -0.469 e. The van der Waals surface area contributed by atoms with Crippen LogP contribution in [0.1, 0.15) is 6.42 Å². The Bertz CT molecular complexity index is 669. The second-order valence-electron chi connectivity index (χ2n) is 4.81. The summed E-state index contributed by atoms with van der Waals surface area (Å²) >= 11 is 1.41. The Morgan fingerprint density at radius 2 is 2.14 bits per heavy atom. The third kappa shape index (κ3) is 2.67. The lowest BCUT2D eigenvalue weighted by Crippen LogP contribution is -2.26. The van der Waals surface area contributed by atoms with Crippen molar-refractivity contribution in [1.82, 2.24) is 4.98 Å². The highest BCUT2D eigenvalue weighted by Gasteiger charge is 2.37. The van der Waals surface area contributed by atoms with Gasteiger partial charge in [0, 0.05) is 23.9 Å². The van der Waals surface area contributed by atoms with E-state index < -0.39 is 5.92 Å². The van der Waals surface area contributed by atoms with Crippen molar-refractivity contribution in [2.45, 2.75) is 6.42 Å². The number of hydrogen-bond donors (Lipinski definition) is 0. The van der Waals surface area contributed by atoms with Gasteiger partial charge in [-0.25, -0.2) is 4.98 Å². The molecule has 0 saturated carbocycles. The van der Waals surface area contributed by atoms with E-state index in [4.69, 9.17) is 4.74 Å². The van der Waals surface area contributed by atoms with Gasteiger partial charge < -0.3 is 4.74 Å². The van der Waals surface area contributed by atoms with Crippen LogP contribution in [0.5, 0.6) is 0 Å². The fourth-order valence-electron chi connectivity index (χ4n) is 2.35. The zero-order chi connectivity index (χ0) is 14.8. The average molecular weight is 302 g/mol. The van der Waals surface area contributed by atoms with E-state index >= 15 is 0 Å². The van der Waals surface area contributed by atoms with Crippen LogP contribution in [0.25, 0.3) is 11.3 Å². The zero-order valence-electron chi connectivity index (χ0n) is 11.5. The van der Waals surface area contributed by atoms with Crippen LogP contribution in [0.3, 0.4) is 0 Å². The fourth-order valence-corrected chi connectivity index (χ4v) is 3.21. The first-order valence-corrected chi connectivity index (χ1v) is 7.46. The van der Waals surface area contributed by atoms with Crippen molar-refractivity contribution in [2.24, 2.45) is 5.92 Å². The monoisotopic (exact) mass is 302 g/mol. The number of carbonyl (C=O) groups excluding carboxylic acids is 2. The number of amides is 1. The van der Waals surface area contributed by atoms with Gasteiger partial charge in [0.15, 0.2) is 5.13 Å². The molecule has 3 rings (SSSR count). The molecule has 0 spiro atoms. The largest absolute Gasteiger partial charge is 0.469 e. The Morgan fingerprint density at radius 1 is 1.38 bits per heavy atom. The van der Waals surface area contributed by atoms with Crippen LogP contribution in [-0.2, 0) is 14.3 Å². The van der Waals surface area contributed by atoms with Gasteiger partial charge in [0.1, 0.15) is 0 Å². The number of ether oxygens (including phenoxy) is 1. The second-order valence-corrected chi connectivity index (χ2v) is 5.65. The minimum atomic E-state index is -0.397. The number of esters is 1. The molecule has 108 valence electrons. The van der Waals surface area contributed by atoms with Gasteiger partial charge in [0.05, 0.1) is 18.7 Å². The topological polar surface area (TPSA) is 59.5 Å². The maximum atomic E-state index is 12.0. The van der Waals surface area contributed by atoms with E-state index in [-0.39, 0.29) is 18.3 Å². The predicted octanol–water partition coefficient (Wildman–Crippen LogP) is 2.34. The predicted molar refractivity (Wildman–Crippen MR) is 80.0 cm³/mol. The van der Waals surface area contributed by atoms with E-state index in [9.17, 15) is 9.59 Å². The number of rotatable bonds is 3. The molecule has 0 bridgehead atoms. The summed E-state index contributed by atoms with van der Waals surface area (Å²) < 4.78 is 4.71. The number of anilines is 1. The van der Waals surface area contributed by atoms with E-state index in [1.807, 2.05) is 35.7 Å². The molecule has 0 N–H and O–H groups in total. The standard InChI is InChI=1S/C15H14N2O3S/c1-20-14(19)11-7-13(18)17(8-11)15-16-12(9-21-15)10-5-3-2-4-6-10/h2-6,9,11H,7-8H2,1H3. The summed E-state index contributed by atoms with van der Waals surface area (Å²) in [6.07, 6.45) is 0.187. The van der Waals surface area contributed by atoms with E-state index in [1.54, 1.807) is 4.90 Å². The van der Waals surface area contributed by atoms with Gasteiger partial charge in [-0.1, -0.05) is 30.3 Å². The van der Waals surface area contributed by atoms with Gasteiger partial charge in [0.25, 0.3) is 0 Å². The Balaban J connectivity index is 1.81. The van der Waals surface area contributed by atoms with Crippen LogP contribution in [-0.4, -0.2) is 30.5 Å². The van der Waals surface area contributed by atoms with Crippen LogP contribution in [0.2, 0.25) is 0 Å². The minimum absolute atomic E-state index is 0.0839. The smallest absolute Gasteiger partial charge is 0.311 e. The van der Waals surface area contributed by atoms with E-state index in [1.165, 1.54) is 18.4 Å². The van der Waals surface area contributed by atoms with Crippen LogP contribution in [0, 0.1) is 5.92 Å². The molecule has 1 unspecified atom stereocenters. The molecule has 6 heteroatoms. The quantitative estimate of drug-likeness (QED) is 0.817. The lowest BCUT2D eigenvalue weighted by atomic mass is 10.1. The summed E-state index contributed by atoms with van der Waals surface area (Å²) in [4.78, 5) is 29.7. The molecule has 2 heterocycles. The maximum absolute atomic E-state index is 12.0. The Hall–Kier alpha value is -2.21. The maximum Gasteiger partial charge on any atom is 0.311 e. The second kappa shape index (κ2) is 5.65. The highest BCUT2D eigenvalue weighted by Crippen LogP contribution is 2.31. The molecule has 1 aromatic carbocycles. The molecule has 5 nitrogen and oxygen atoms in total. The normalized spacial score (nSPS) is 18.0. The number of nitrogens with zero attached hydrogens (tertiary/aromatic N) is 2. The highest BCUT2D eigenvalue weighted by atomic mass is 32.1. The van der Waals surface area contributed by atoms with Gasteiger partial charge >= 0.3 is 5.97 Å². The summed E-state index contributed by atoms with van der Waals surface area (Å²) in [7, 11) is 1.34. The first kappa shape index (κ1) is 13.8. The molecule has 1 amide bonds. The van der Waals surface area contributed by atoms with E-state index in [2.05, 4.69) is 4.98 Å². The summed E-state index contributed by atoms with van der Waals surface area (Å²) in [6, 6.07) is 9.79. The first-order valence-electron chi connectivity index (χ1n) is 6.58. The van der Waals surface area contributed by atoms with Crippen molar-refractivity contribution >= 4 is 28.3 Å². The Labute approximate surface area is 126 Å². The first-order chi connectivity index (χ1) is 10.2. The number of methoxy groups -OCH3 is 1. The van der Waals surface area contributed by atoms with Crippen molar-refractivity contribution < 1.29 is 14.3 Å². The molecular weight excluding hydrogens is 288 g/mol. The number of hydrogen-bond acceptors (Lipinski definition) is 5. The van der Waals surface area contributed by atoms with E-state index in [0.717, 1.165) is 11.3 Å². The summed E-state index contributed by atoms with van der Waals surface area (Å²) in [6.45, 7) is 0.341. The molecule has 0 radical (unpaired) electrons. The van der Waals surface area contributed by atoms with Crippen molar-refractivity contribution in [3.05, 3.63) is 35.7 Å². The van der Waals surface area contributed by atoms with Crippen molar-refractivity contribution in [3.8, 4) is 11.3 Å². The molecule has 1 aliphatic rings. The molecule has 1 fully saturated rings. The Morgan fingerprint density at radius 3 is 2.86 bits per heavy atom. The molecule has 1 atom stereocenters. The average Bonchev–Trinajstić information content (AvgIpc) is 3.14. The lowest BCUT2D eigenvalue weighted by Gasteiger charge is -2.12. The van der Waals surface area contributed by atoms with Crippen LogP contribution >= 0.6 is 11.3 Å². The van der Waals surface area contributed by atoms with Crippen LogP contribution in [0.15, 0.2) is 35.7 Å². The summed E-state index contributed by atoms with van der Waals surface area (Å²) in [5.41, 5.74) is 1.85. The van der Waals surface area contributed by atoms with Gasteiger partial charge in [-0.15, -0.1) is 11.3 Å².